The first-order chi connectivity index (χ1) is 14.0. The van der Waals surface area contributed by atoms with Crippen molar-refractivity contribution in [3.8, 4) is 5.75 Å². The van der Waals surface area contributed by atoms with Gasteiger partial charge in [0, 0.05) is 25.8 Å². The van der Waals surface area contributed by atoms with E-state index in [0.29, 0.717) is 30.9 Å². The Morgan fingerprint density at radius 2 is 1.97 bits per heavy atom. The minimum absolute atomic E-state index is 0.163. The molecule has 0 saturated carbocycles. The minimum Gasteiger partial charge on any atom is -0.481 e. The SMILES string of the molecule is COCCCNC(=O)CN1C(=O)S/C(=C\c2ccccc2OCC(=O)OC)C1=O. The van der Waals surface area contributed by atoms with Crippen LogP contribution in [0.5, 0.6) is 5.75 Å². The predicted molar refractivity (Wildman–Crippen MR) is 106 cm³/mol. The lowest BCUT2D eigenvalue weighted by atomic mass is 10.2. The number of hydrogen-bond acceptors (Lipinski definition) is 8. The van der Waals surface area contributed by atoms with Gasteiger partial charge in [0.15, 0.2) is 6.61 Å². The molecule has 1 fully saturated rings. The molecule has 1 aliphatic heterocycles. The molecule has 1 aromatic rings. The third-order valence-electron chi connectivity index (χ3n) is 3.80. The van der Waals surface area contributed by atoms with Gasteiger partial charge in [-0.25, -0.2) is 4.79 Å². The maximum Gasteiger partial charge on any atom is 0.343 e. The molecule has 0 atom stereocenters. The van der Waals surface area contributed by atoms with E-state index in [1.165, 1.54) is 13.2 Å². The Labute approximate surface area is 172 Å². The molecule has 1 aromatic carbocycles. The Morgan fingerprint density at radius 3 is 2.69 bits per heavy atom. The summed E-state index contributed by atoms with van der Waals surface area (Å²) in [7, 11) is 2.81. The monoisotopic (exact) mass is 422 g/mol. The van der Waals surface area contributed by atoms with E-state index in [9.17, 15) is 19.2 Å². The fourth-order valence-corrected chi connectivity index (χ4v) is 3.18. The summed E-state index contributed by atoms with van der Waals surface area (Å²) in [5.74, 6) is -1.17. The maximum atomic E-state index is 12.6. The van der Waals surface area contributed by atoms with Gasteiger partial charge < -0.3 is 19.5 Å². The smallest absolute Gasteiger partial charge is 0.343 e. The van der Waals surface area contributed by atoms with Crippen molar-refractivity contribution in [2.75, 3.05) is 40.5 Å². The number of nitrogens with zero attached hydrogens (tertiary/aromatic N) is 1. The first kappa shape index (κ1) is 22.4. The topological polar surface area (TPSA) is 111 Å². The highest BCUT2D eigenvalue weighted by molar-refractivity contribution is 8.18. The van der Waals surface area contributed by atoms with E-state index in [-0.39, 0.29) is 18.1 Å². The molecule has 0 aliphatic carbocycles. The van der Waals surface area contributed by atoms with E-state index >= 15 is 0 Å². The summed E-state index contributed by atoms with van der Waals surface area (Å²) in [6.45, 7) is 0.257. The number of amides is 3. The van der Waals surface area contributed by atoms with Crippen LogP contribution in [0.25, 0.3) is 6.08 Å². The first-order valence-electron chi connectivity index (χ1n) is 8.76. The average Bonchev–Trinajstić information content (AvgIpc) is 2.97. The molecule has 1 aliphatic rings. The fourth-order valence-electron chi connectivity index (χ4n) is 2.35. The van der Waals surface area contributed by atoms with Gasteiger partial charge in [0.05, 0.1) is 12.0 Å². The quantitative estimate of drug-likeness (QED) is 0.342. The van der Waals surface area contributed by atoms with E-state index in [4.69, 9.17) is 9.47 Å². The molecule has 156 valence electrons. The number of ether oxygens (including phenoxy) is 3. The van der Waals surface area contributed by atoms with Gasteiger partial charge in [0.25, 0.3) is 11.1 Å². The van der Waals surface area contributed by atoms with Gasteiger partial charge in [0.2, 0.25) is 5.91 Å². The molecule has 0 unspecified atom stereocenters. The summed E-state index contributed by atoms with van der Waals surface area (Å²) in [6, 6.07) is 6.76. The number of carbonyl (C=O) groups excluding carboxylic acids is 4. The second-order valence-electron chi connectivity index (χ2n) is 5.87. The van der Waals surface area contributed by atoms with Crippen molar-refractivity contribution in [3.63, 3.8) is 0 Å². The summed E-state index contributed by atoms with van der Waals surface area (Å²) in [4.78, 5) is 49.0. The lowest BCUT2D eigenvalue weighted by Crippen LogP contribution is -2.39. The third kappa shape index (κ3) is 6.61. The van der Waals surface area contributed by atoms with E-state index in [1.54, 1.807) is 31.4 Å². The van der Waals surface area contributed by atoms with E-state index in [2.05, 4.69) is 10.1 Å². The number of benzene rings is 1. The largest absolute Gasteiger partial charge is 0.481 e. The number of rotatable bonds is 10. The van der Waals surface area contributed by atoms with Crippen molar-refractivity contribution in [2.24, 2.45) is 0 Å². The highest BCUT2D eigenvalue weighted by Gasteiger charge is 2.36. The summed E-state index contributed by atoms with van der Waals surface area (Å²) >= 11 is 0.740. The van der Waals surface area contributed by atoms with Gasteiger partial charge in [-0.3, -0.25) is 19.3 Å². The Morgan fingerprint density at radius 1 is 1.21 bits per heavy atom. The Hall–Kier alpha value is -2.85. The summed E-state index contributed by atoms with van der Waals surface area (Å²) in [5.41, 5.74) is 0.519. The van der Waals surface area contributed by atoms with Gasteiger partial charge in [0.1, 0.15) is 12.3 Å². The first-order valence-corrected chi connectivity index (χ1v) is 9.57. The van der Waals surface area contributed by atoms with Gasteiger partial charge >= 0.3 is 5.97 Å². The van der Waals surface area contributed by atoms with Crippen LogP contribution in [-0.4, -0.2) is 68.4 Å². The van der Waals surface area contributed by atoms with Crippen molar-refractivity contribution < 1.29 is 33.4 Å². The standard InChI is InChI=1S/C19H22N2O7S/c1-26-9-5-8-20-16(22)11-21-18(24)15(29-19(21)25)10-13-6-3-4-7-14(13)28-12-17(23)27-2/h3-4,6-7,10H,5,8-9,11-12H2,1-2H3,(H,20,22)/b15-10-. The van der Waals surface area contributed by atoms with Crippen LogP contribution in [0.1, 0.15) is 12.0 Å². The van der Waals surface area contributed by atoms with Crippen molar-refractivity contribution in [2.45, 2.75) is 6.42 Å². The van der Waals surface area contributed by atoms with Crippen molar-refractivity contribution >= 4 is 40.9 Å². The van der Waals surface area contributed by atoms with Crippen molar-refractivity contribution in [1.29, 1.82) is 0 Å². The number of carbonyl (C=O) groups is 4. The number of nitrogens with one attached hydrogen (secondary N) is 1. The number of methoxy groups -OCH3 is 2. The van der Waals surface area contributed by atoms with Crippen LogP contribution < -0.4 is 10.1 Å². The number of imide groups is 1. The van der Waals surface area contributed by atoms with Crippen LogP contribution in [0.4, 0.5) is 4.79 Å². The second-order valence-corrected chi connectivity index (χ2v) is 6.86. The minimum atomic E-state index is -0.560. The van der Waals surface area contributed by atoms with Crippen LogP contribution in [0.15, 0.2) is 29.2 Å². The normalized spacial score (nSPS) is 15.0. The highest BCUT2D eigenvalue weighted by atomic mass is 32.2. The summed E-state index contributed by atoms with van der Waals surface area (Å²) in [5, 5.41) is 2.11. The molecule has 2 rings (SSSR count). The van der Waals surface area contributed by atoms with Gasteiger partial charge in [-0.1, -0.05) is 18.2 Å². The third-order valence-corrected chi connectivity index (χ3v) is 4.71. The molecule has 0 radical (unpaired) electrons. The molecule has 1 heterocycles. The van der Waals surface area contributed by atoms with Gasteiger partial charge in [-0.05, 0) is 30.3 Å². The fraction of sp³-hybridized carbons (Fsp3) is 0.368. The van der Waals surface area contributed by atoms with Crippen molar-refractivity contribution in [3.05, 3.63) is 34.7 Å². The molecule has 1 saturated heterocycles. The van der Waals surface area contributed by atoms with Gasteiger partial charge in [-0.2, -0.15) is 0 Å². The summed E-state index contributed by atoms with van der Waals surface area (Å²) in [6.07, 6.45) is 2.13. The summed E-state index contributed by atoms with van der Waals surface area (Å²) < 4.78 is 14.8. The molecule has 0 spiro atoms. The van der Waals surface area contributed by atoms with Crippen LogP contribution in [-0.2, 0) is 23.9 Å². The number of esters is 1. The zero-order valence-electron chi connectivity index (χ0n) is 16.1. The van der Waals surface area contributed by atoms with Gasteiger partial charge in [-0.15, -0.1) is 0 Å². The average molecular weight is 422 g/mol. The second kappa shape index (κ2) is 11.2. The zero-order chi connectivity index (χ0) is 21.2. The molecule has 10 heteroatoms. The number of para-hydroxylation sites is 1. The Kier molecular flexibility index (Phi) is 8.68. The molecule has 0 aromatic heterocycles. The van der Waals surface area contributed by atoms with E-state index < -0.39 is 23.0 Å². The van der Waals surface area contributed by atoms with Crippen LogP contribution in [0, 0.1) is 0 Å². The zero-order valence-corrected chi connectivity index (χ0v) is 17.0. The Balaban J connectivity index is 2.04. The molecular formula is C19H22N2O7S. The molecule has 9 nitrogen and oxygen atoms in total. The van der Waals surface area contributed by atoms with Crippen LogP contribution in [0.3, 0.4) is 0 Å². The number of hydrogen-bond donors (Lipinski definition) is 1. The molecule has 29 heavy (non-hydrogen) atoms. The molecule has 1 N–H and O–H groups in total. The predicted octanol–water partition coefficient (Wildman–Crippen LogP) is 1.43. The Bertz CT molecular complexity index is 810. The lowest BCUT2D eigenvalue weighted by molar-refractivity contribution is -0.142. The van der Waals surface area contributed by atoms with E-state index in [1.807, 2.05) is 0 Å². The highest BCUT2D eigenvalue weighted by Crippen LogP contribution is 2.33. The molecule has 3 amide bonds. The number of thioether (sulfide) groups is 1. The van der Waals surface area contributed by atoms with Crippen molar-refractivity contribution in [1.82, 2.24) is 10.2 Å². The maximum absolute atomic E-state index is 12.6. The van der Waals surface area contributed by atoms with E-state index in [0.717, 1.165) is 16.7 Å². The van der Waals surface area contributed by atoms with Crippen LogP contribution in [0.2, 0.25) is 0 Å². The van der Waals surface area contributed by atoms with Crippen LogP contribution >= 0.6 is 11.8 Å². The lowest BCUT2D eigenvalue weighted by Gasteiger charge is -2.12. The molecular weight excluding hydrogens is 400 g/mol. The molecule has 0 bridgehead atoms.